The molecule has 72 valence electrons. The van der Waals surface area contributed by atoms with Gasteiger partial charge in [0.2, 0.25) is 0 Å². The first-order valence-corrected chi connectivity index (χ1v) is 7.20. The zero-order chi connectivity index (χ0) is 9.99. The van der Waals surface area contributed by atoms with Crippen LogP contribution in [-0.2, 0) is 9.53 Å². The van der Waals surface area contributed by atoms with Gasteiger partial charge in [0.15, 0.2) is 8.32 Å². The van der Waals surface area contributed by atoms with Gasteiger partial charge in [-0.1, -0.05) is 0 Å². The molecule has 0 saturated carbocycles. The summed E-state index contributed by atoms with van der Waals surface area (Å²) in [4.78, 5) is 20.5. The predicted molar refractivity (Wildman–Crippen MR) is 50.4 cm³/mol. The summed E-state index contributed by atoms with van der Waals surface area (Å²) in [6.07, 6.45) is 0. The average molecular weight is 190 g/mol. The minimum absolute atomic E-state index is 0.171. The summed E-state index contributed by atoms with van der Waals surface area (Å²) in [6, 6.07) is 0.171. The molecule has 4 heteroatoms. The Labute approximate surface area is 74.9 Å². The number of ether oxygens (including phenoxy) is 1. The van der Waals surface area contributed by atoms with Crippen LogP contribution in [0, 0.1) is 0 Å². The molecule has 1 N–H and O–H groups in total. The summed E-state index contributed by atoms with van der Waals surface area (Å²) in [5.41, 5.74) is -0.448. The van der Waals surface area contributed by atoms with Crippen LogP contribution in [0.25, 0.3) is 0 Å². The molecule has 0 fully saturated rings. The Morgan fingerprint density at radius 3 is 2.08 bits per heavy atom. The number of hydrogen-bond donors (Lipinski definition) is 1. The highest BCUT2D eigenvalue weighted by molar-refractivity contribution is 6.72. The third-order valence-corrected chi connectivity index (χ3v) is 2.15. The van der Waals surface area contributed by atoms with Crippen LogP contribution in [-0.4, -0.2) is 24.7 Å². The molecular weight excluding hydrogens is 172 g/mol. The topological polar surface area (TPSA) is 46.5 Å². The van der Waals surface area contributed by atoms with Gasteiger partial charge in [-0.15, -0.1) is 0 Å². The molecule has 0 aromatic rings. The molecule has 0 spiro atoms. The summed E-state index contributed by atoms with van der Waals surface area (Å²) in [5, 5.41) is 0. The van der Waals surface area contributed by atoms with E-state index in [1.807, 2.05) is 20.8 Å². The van der Waals surface area contributed by atoms with Crippen LogP contribution in [0.1, 0.15) is 20.8 Å². The molecule has 0 aliphatic rings. The van der Waals surface area contributed by atoms with Crippen LogP contribution in [0.15, 0.2) is 0 Å². The quantitative estimate of drug-likeness (QED) is 0.530. The van der Waals surface area contributed by atoms with Crippen molar-refractivity contribution < 1.29 is 14.3 Å². The zero-order valence-electron chi connectivity index (χ0n) is 8.47. The maximum absolute atomic E-state index is 11.1. The Kier molecular flexibility index (Phi) is 3.47. The Morgan fingerprint density at radius 1 is 1.42 bits per heavy atom. The molecule has 0 atom stereocenters. The van der Waals surface area contributed by atoms with E-state index in [4.69, 9.17) is 4.74 Å². The molecular formula is C8H18O3Si. The fourth-order valence-corrected chi connectivity index (χ4v) is 1.51. The van der Waals surface area contributed by atoms with Crippen molar-refractivity contribution in [2.24, 2.45) is 0 Å². The van der Waals surface area contributed by atoms with Crippen LogP contribution < -0.4 is 0 Å². The standard InChI is InChI=1S/C8H18O3Si/c1-8(2,3)11-7(9)6-12(4,5)10/h10H,6H2,1-5H3. The fourth-order valence-electron chi connectivity index (χ4n) is 0.731. The SMILES string of the molecule is CC(C)(C)OC(=O)C[Si](C)(C)O. The minimum Gasteiger partial charge on any atom is -0.460 e. The highest BCUT2D eigenvalue weighted by Gasteiger charge is 2.25. The van der Waals surface area contributed by atoms with E-state index in [9.17, 15) is 9.59 Å². The van der Waals surface area contributed by atoms with Crippen LogP contribution in [0.3, 0.4) is 0 Å². The fraction of sp³-hybridized carbons (Fsp3) is 0.875. The lowest BCUT2D eigenvalue weighted by Gasteiger charge is -2.21. The number of rotatable bonds is 2. The molecule has 0 amide bonds. The molecule has 12 heavy (non-hydrogen) atoms. The lowest BCUT2D eigenvalue weighted by molar-refractivity contribution is -0.152. The Morgan fingerprint density at radius 2 is 1.83 bits per heavy atom. The smallest absolute Gasteiger partial charge is 0.305 e. The van der Waals surface area contributed by atoms with Crippen molar-refractivity contribution in [3.8, 4) is 0 Å². The van der Waals surface area contributed by atoms with Crippen molar-refractivity contribution in [2.75, 3.05) is 0 Å². The summed E-state index contributed by atoms with van der Waals surface area (Å²) in [7, 11) is -2.29. The van der Waals surface area contributed by atoms with E-state index in [0.29, 0.717) is 0 Å². The van der Waals surface area contributed by atoms with Gasteiger partial charge < -0.3 is 9.53 Å². The highest BCUT2D eigenvalue weighted by atomic mass is 28.4. The molecule has 0 unspecified atom stereocenters. The van der Waals surface area contributed by atoms with Gasteiger partial charge in [-0.3, -0.25) is 4.79 Å². The first-order chi connectivity index (χ1) is 5.10. The Bertz CT molecular complexity index is 146. The van der Waals surface area contributed by atoms with Gasteiger partial charge in [-0.2, -0.15) is 0 Å². The van der Waals surface area contributed by atoms with Crippen molar-refractivity contribution in [1.82, 2.24) is 0 Å². The monoisotopic (exact) mass is 190 g/mol. The minimum atomic E-state index is -2.29. The van der Waals surface area contributed by atoms with Crippen LogP contribution in [0.5, 0.6) is 0 Å². The molecule has 0 aliphatic heterocycles. The summed E-state index contributed by atoms with van der Waals surface area (Å²) >= 11 is 0. The van der Waals surface area contributed by atoms with E-state index in [-0.39, 0.29) is 12.0 Å². The van der Waals surface area contributed by atoms with E-state index < -0.39 is 13.9 Å². The van der Waals surface area contributed by atoms with Crippen LogP contribution >= 0.6 is 0 Å². The second-order valence-corrected chi connectivity index (χ2v) is 8.55. The first kappa shape index (κ1) is 11.6. The lowest BCUT2D eigenvalue weighted by Crippen LogP contribution is -2.33. The van der Waals surface area contributed by atoms with Gasteiger partial charge >= 0.3 is 5.97 Å². The summed E-state index contributed by atoms with van der Waals surface area (Å²) < 4.78 is 5.05. The molecule has 0 aromatic heterocycles. The molecule has 3 nitrogen and oxygen atoms in total. The molecule has 0 saturated heterocycles. The van der Waals surface area contributed by atoms with Crippen LogP contribution in [0.4, 0.5) is 0 Å². The molecule has 0 aromatic carbocycles. The number of carbonyl (C=O) groups is 1. The van der Waals surface area contributed by atoms with Gasteiger partial charge in [-0.25, -0.2) is 0 Å². The molecule has 0 heterocycles. The van der Waals surface area contributed by atoms with Crippen molar-refractivity contribution in [2.45, 2.75) is 45.5 Å². The van der Waals surface area contributed by atoms with E-state index in [0.717, 1.165) is 0 Å². The predicted octanol–water partition coefficient (Wildman–Crippen LogP) is 1.53. The highest BCUT2D eigenvalue weighted by Crippen LogP contribution is 2.12. The Hall–Kier alpha value is -0.353. The maximum atomic E-state index is 11.1. The first-order valence-electron chi connectivity index (χ1n) is 4.04. The molecule has 0 rings (SSSR count). The number of esters is 1. The number of hydrogen-bond acceptors (Lipinski definition) is 3. The van der Waals surface area contributed by atoms with Crippen molar-refractivity contribution in [3.63, 3.8) is 0 Å². The molecule has 0 bridgehead atoms. The van der Waals surface area contributed by atoms with E-state index in [2.05, 4.69) is 0 Å². The molecule has 0 radical (unpaired) electrons. The second-order valence-electron chi connectivity index (χ2n) is 4.58. The third-order valence-electron chi connectivity index (χ3n) is 0.997. The lowest BCUT2D eigenvalue weighted by atomic mass is 10.2. The van der Waals surface area contributed by atoms with Gasteiger partial charge in [0, 0.05) is 0 Å². The average Bonchev–Trinajstić information content (AvgIpc) is 1.49. The second kappa shape index (κ2) is 3.58. The zero-order valence-corrected chi connectivity index (χ0v) is 9.47. The van der Waals surface area contributed by atoms with Gasteiger partial charge in [0.1, 0.15) is 5.60 Å². The normalized spacial score (nSPS) is 12.8. The number of carbonyl (C=O) groups excluding carboxylic acids is 1. The third kappa shape index (κ3) is 7.75. The van der Waals surface area contributed by atoms with Gasteiger partial charge in [0.05, 0.1) is 6.04 Å². The van der Waals surface area contributed by atoms with Crippen molar-refractivity contribution >= 4 is 14.3 Å². The van der Waals surface area contributed by atoms with Crippen molar-refractivity contribution in [1.29, 1.82) is 0 Å². The maximum Gasteiger partial charge on any atom is 0.305 e. The van der Waals surface area contributed by atoms with Crippen LogP contribution in [0.2, 0.25) is 19.1 Å². The largest absolute Gasteiger partial charge is 0.460 e. The van der Waals surface area contributed by atoms with E-state index >= 15 is 0 Å². The van der Waals surface area contributed by atoms with Gasteiger partial charge in [0.25, 0.3) is 0 Å². The molecule has 0 aliphatic carbocycles. The van der Waals surface area contributed by atoms with E-state index in [1.165, 1.54) is 0 Å². The Balaban J connectivity index is 3.92. The van der Waals surface area contributed by atoms with Gasteiger partial charge in [-0.05, 0) is 33.9 Å². The van der Waals surface area contributed by atoms with Crippen molar-refractivity contribution in [3.05, 3.63) is 0 Å². The summed E-state index contributed by atoms with van der Waals surface area (Å²) in [5.74, 6) is -0.304. The van der Waals surface area contributed by atoms with E-state index in [1.54, 1.807) is 13.1 Å². The summed E-state index contributed by atoms with van der Waals surface area (Å²) in [6.45, 7) is 8.89.